The van der Waals surface area contributed by atoms with Crippen LogP contribution in [0.1, 0.15) is 25.0 Å². The quantitative estimate of drug-likeness (QED) is 0.212. The van der Waals surface area contributed by atoms with Gasteiger partial charge in [-0.1, -0.05) is 118 Å². The molecule has 4 aromatic rings. The molecule has 4 rings (SSSR count). The molecule has 2 heteroatoms. The molecule has 176 valence electrons. The van der Waals surface area contributed by atoms with E-state index in [9.17, 15) is 0 Å². The molecule has 34 heavy (non-hydrogen) atoms. The van der Waals surface area contributed by atoms with E-state index in [0.29, 0.717) is 5.66 Å². The van der Waals surface area contributed by atoms with Gasteiger partial charge in [-0.2, -0.15) is 0 Å². The SMILES string of the molecule is CC[P+](C)(CC)c1ccccc1.c1ccc(CC(Cc2ccccc2)Pc2ccccc2)cc1. The molecule has 0 fully saturated rings. The van der Waals surface area contributed by atoms with Crippen molar-refractivity contribution in [3.05, 3.63) is 132 Å². The first-order chi connectivity index (χ1) is 16.6. The van der Waals surface area contributed by atoms with Gasteiger partial charge in [0.15, 0.2) is 0 Å². The average Bonchev–Trinajstić information content (AvgIpc) is 2.91. The third-order valence-corrected chi connectivity index (χ3v) is 12.4. The number of rotatable bonds is 9. The van der Waals surface area contributed by atoms with E-state index in [-0.39, 0.29) is 0 Å². The molecule has 0 bridgehead atoms. The van der Waals surface area contributed by atoms with Crippen molar-refractivity contribution in [1.29, 1.82) is 0 Å². The van der Waals surface area contributed by atoms with Crippen LogP contribution in [0.4, 0.5) is 0 Å². The molecule has 0 radical (unpaired) electrons. The minimum Gasteiger partial charge on any atom is -0.0865 e. The van der Waals surface area contributed by atoms with Crippen LogP contribution >= 0.6 is 15.8 Å². The molecule has 0 aliphatic heterocycles. The fourth-order valence-corrected chi connectivity index (χ4v) is 7.72. The van der Waals surface area contributed by atoms with E-state index in [1.165, 1.54) is 28.8 Å². The van der Waals surface area contributed by atoms with Crippen molar-refractivity contribution >= 4 is 26.5 Å². The van der Waals surface area contributed by atoms with E-state index in [1.54, 1.807) is 5.30 Å². The Hall–Kier alpha value is -2.26. The highest BCUT2D eigenvalue weighted by Crippen LogP contribution is 2.52. The molecule has 0 nitrogen and oxygen atoms in total. The Balaban J connectivity index is 0.000000229. The van der Waals surface area contributed by atoms with Crippen molar-refractivity contribution in [2.45, 2.75) is 32.3 Å². The standard InChI is InChI=1S/C21H21P.C11H18P/c1-4-10-18(11-5-1)16-21(17-19-12-6-2-7-13-19)22-20-14-8-3-9-15-20;1-4-12(3,5-2)11-9-7-6-8-10-11/h1-15,21-22H,16-17H2;6-10H,4-5H2,1-3H3/q;+1. The summed E-state index contributed by atoms with van der Waals surface area (Å²) >= 11 is 0. The second-order valence-corrected chi connectivity index (χ2v) is 15.2. The maximum absolute atomic E-state index is 2.45. The lowest BCUT2D eigenvalue weighted by Crippen LogP contribution is -2.13. The number of benzene rings is 4. The van der Waals surface area contributed by atoms with Gasteiger partial charge in [-0.15, -0.1) is 0 Å². The van der Waals surface area contributed by atoms with Crippen LogP contribution in [-0.4, -0.2) is 24.6 Å². The Labute approximate surface area is 210 Å². The summed E-state index contributed by atoms with van der Waals surface area (Å²) in [6, 6.07) is 43.6. The van der Waals surface area contributed by atoms with Gasteiger partial charge in [-0.05, 0) is 60.9 Å². The van der Waals surface area contributed by atoms with E-state index >= 15 is 0 Å². The lowest BCUT2D eigenvalue weighted by Gasteiger charge is -2.19. The summed E-state index contributed by atoms with van der Waals surface area (Å²) in [5, 5.41) is 3.04. The first-order valence-corrected chi connectivity index (χ1v) is 16.1. The molecule has 0 amide bonds. The van der Waals surface area contributed by atoms with E-state index < -0.39 is 7.26 Å². The predicted octanol–water partition coefficient (Wildman–Crippen LogP) is 7.84. The molecule has 4 aromatic carbocycles. The van der Waals surface area contributed by atoms with Crippen molar-refractivity contribution in [3.8, 4) is 0 Å². The van der Waals surface area contributed by atoms with Gasteiger partial charge in [-0.25, -0.2) is 0 Å². The highest BCUT2D eigenvalue weighted by atomic mass is 31.2. The molecule has 0 aromatic heterocycles. The van der Waals surface area contributed by atoms with Gasteiger partial charge in [0.25, 0.3) is 0 Å². The predicted molar refractivity (Wildman–Crippen MR) is 158 cm³/mol. The monoisotopic (exact) mass is 485 g/mol. The fourth-order valence-electron chi connectivity index (χ4n) is 4.12. The molecule has 0 spiro atoms. The second kappa shape index (κ2) is 14.2. The van der Waals surface area contributed by atoms with Crippen molar-refractivity contribution in [1.82, 2.24) is 0 Å². The van der Waals surface area contributed by atoms with Crippen molar-refractivity contribution < 1.29 is 0 Å². The van der Waals surface area contributed by atoms with Gasteiger partial charge in [0.05, 0.1) is 24.3 Å². The van der Waals surface area contributed by atoms with Crippen molar-refractivity contribution in [2.75, 3.05) is 19.0 Å². The molecular weight excluding hydrogens is 446 g/mol. The van der Waals surface area contributed by atoms with Gasteiger partial charge in [0.2, 0.25) is 0 Å². The van der Waals surface area contributed by atoms with Crippen LogP contribution in [0, 0.1) is 0 Å². The summed E-state index contributed by atoms with van der Waals surface area (Å²) in [4.78, 5) is 0. The van der Waals surface area contributed by atoms with E-state index in [1.807, 2.05) is 0 Å². The van der Waals surface area contributed by atoms with Crippen LogP contribution in [-0.2, 0) is 12.8 Å². The number of hydrogen-bond acceptors (Lipinski definition) is 0. The largest absolute Gasteiger partial charge is 0.0936 e. The zero-order chi connectivity index (χ0) is 24.1. The average molecular weight is 486 g/mol. The summed E-state index contributed by atoms with van der Waals surface area (Å²) in [5.41, 5.74) is 3.53. The first kappa shape index (κ1) is 26.3. The first-order valence-electron chi connectivity index (χ1n) is 12.4. The van der Waals surface area contributed by atoms with Gasteiger partial charge < -0.3 is 0 Å². The van der Waals surface area contributed by atoms with Crippen molar-refractivity contribution in [3.63, 3.8) is 0 Å². The van der Waals surface area contributed by atoms with Crippen LogP contribution in [0.3, 0.4) is 0 Å². The maximum Gasteiger partial charge on any atom is 0.0936 e. The zero-order valence-corrected chi connectivity index (χ0v) is 22.8. The Morgan fingerprint density at radius 2 is 0.941 bits per heavy atom. The normalized spacial score (nSPS) is 11.4. The number of hydrogen-bond donors (Lipinski definition) is 0. The minimum absolute atomic E-state index is 0.659. The van der Waals surface area contributed by atoms with Gasteiger partial charge in [0, 0.05) is 7.26 Å². The molecule has 0 saturated heterocycles. The Kier molecular flexibility index (Phi) is 11.0. The van der Waals surface area contributed by atoms with Crippen molar-refractivity contribution in [2.24, 2.45) is 0 Å². The third kappa shape index (κ3) is 8.51. The lowest BCUT2D eigenvalue weighted by molar-refractivity contribution is 0.839. The summed E-state index contributed by atoms with van der Waals surface area (Å²) < 4.78 is 0. The van der Waals surface area contributed by atoms with Crippen LogP contribution in [0.25, 0.3) is 0 Å². The molecule has 0 aliphatic carbocycles. The van der Waals surface area contributed by atoms with Gasteiger partial charge in [-0.3, -0.25) is 0 Å². The molecule has 1 atom stereocenters. The highest BCUT2D eigenvalue weighted by molar-refractivity contribution is 7.82. The third-order valence-electron chi connectivity index (χ3n) is 6.57. The van der Waals surface area contributed by atoms with Crippen LogP contribution in [0.15, 0.2) is 121 Å². The Morgan fingerprint density at radius 1 is 0.559 bits per heavy atom. The molecular formula is C32H39P2+. The molecule has 0 N–H and O–H groups in total. The summed E-state index contributed by atoms with van der Waals surface area (Å²) in [5.74, 6) is 0. The van der Waals surface area contributed by atoms with Gasteiger partial charge in [0.1, 0.15) is 0 Å². The summed E-state index contributed by atoms with van der Waals surface area (Å²) in [6.07, 6.45) is 4.94. The van der Waals surface area contributed by atoms with Crippen LogP contribution in [0.5, 0.6) is 0 Å². The van der Waals surface area contributed by atoms with E-state index in [0.717, 1.165) is 21.4 Å². The summed E-state index contributed by atoms with van der Waals surface area (Å²) in [6.45, 7) is 7.07. The summed E-state index contributed by atoms with van der Waals surface area (Å²) in [7, 11) is 0.0632. The Bertz CT molecular complexity index is 945. The lowest BCUT2D eigenvalue weighted by atomic mass is 10.0. The maximum atomic E-state index is 2.45. The topological polar surface area (TPSA) is 0 Å². The second-order valence-electron chi connectivity index (χ2n) is 8.95. The van der Waals surface area contributed by atoms with Crippen LogP contribution in [0.2, 0.25) is 0 Å². The smallest absolute Gasteiger partial charge is 0.0865 e. The van der Waals surface area contributed by atoms with E-state index in [4.69, 9.17) is 0 Å². The van der Waals surface area contributed by atoms with Gasteiger partial charge >= 0.3 is 0 Å². The molecule has 1 unspecified atom stereocenters. The van der Waals surface area contributed by atoms with E-state index in [2.05, 4.69) is 142 Å². The highest BCUT2D eigenvalue weighted by Gasteiger charge is 2.29. The zero-order valence-electron chi connectivity index (χ0n) is 20.9. The molecule has 0 aliphatic rings. The minimum atomic E-state index is -0.784. The van der Waals surface area contributed by atoms with Crippen LogP contribution < -0.4 is 10.6 Å². The molecule has 0 saturated carbocycles. The fraction of sp³-hybridized carbons (Fsp3) is 0.250. The molecule has 0 heterocycles. The Morgan fingerprint density at radius 3 is 1.35 bits per heavy atom.